The third kappa shape index (κ3) is 3.84. The summed E-state index contributed by atoms with van der Waals surface area (Å²) >= 11 is 0. The summed E-state index contributed by atoms with van der Waals surface area (Å²) in [6.45, 7) is 6.11. The molecular formula is C31H37F2NO2. The molecule has 1 aromatic carbocycles. The Labute approximate surface area is 213 Å². The Morgan fingerprint density at radius 3 is 2.44 bits per heavy atom. The molecule has 0 amide bonds. The first-order valence-electron chi connectivity index (χ1n) is 13.3. The molecule has 4 aliphatic carbocycles. The van der Waals surface area contributed by atoms with Gasteiger partial charge in [0.25, 0.3) is 0 Å². The lowest BCUT2D eigenvalue weighted by Crippen LogP contribution is -2.51. The average Bonchev–Trinajstić information content (AvgIpc) is 3.07. The molecule has 0 spiro atoms. The predicted octanol–water partition coefficient (Wildman–Crippen LogP) is 6.32. The molecule has 2 saturated carbocycles. The quantitative estimate of drug-likeness (QED) is 0.490. The number of ketones is 1. The molecule has 3 nitrogen and oxygen atoms in total. The lowest BCUT2D eigenvalue weighted by atomic mass is 9.51. The summed E-state index contributed by atoms with van der Waals surface area (Å²) in [4.78, 5) is 13.9. The van der Waals surface area contributed by atoms with E-state index in [9.17, 15) is 9.90 Å². The summed E-state index contributed by atoms with van der Waals surface area (Å²) in [5.41, 5.74) is 2.10. The molecule has 5 atom stereocenters. The highest BCUT2D eigenvalue weighted by molar-refractivity contribution is 5.93. The molecule has 36 heavy (non-hydrogen) atoms. The number of fused-ring (bicyclic) bond motifs is 4. The van der Waals surface area contributed by atoms with Crippen molar-refractivity contribution in [2.75, 3.05) is 19.0 Å². The smallest absolute Gasteiger partial charge is 0.156 e. The van der Waals surface area contributed by atoms with Gasteiger partial charge >= 0.3 is 0 Å². The summed E-state index contributed by atoms with van der Waals surface area (Å²) in [6, 6.07) is 2.83. The number of allylic oxidation sites excluding steroid dienone is 4. The van der Waals surface area contributed by atoms with E-state index in [0.717, 1.165) is 36.0 Å². The van der Waals surface area contributed by atoms with Gasteiger partial charge in [0.15, 0.2) is 5.78 Å². The van der Waals surface area contributed by atoms with Crippen molar-refractivity contribution in [3.05, 3.63) is 52.1 Å². The van der Waals surface area contributed by atoms with E-state index in [-0.39, 0.29) is 29.1 Å². The summed E-state index contributed by atoms with van der Waals surface area (Å²) < 4.78 is 31.5. The third-order valence-corrected chi connectivity index (χ3v) is 9.38. The number of hydrogen-bond acceptors (Lipinski definition) is 3. The standard InChI is InChI=1S/C31H37F2NO2/c1-18(2)10-12-31(36)13-11-25-23-8-6-19-14-21(35)7-9-22(19)28(23)24(17-30(25,31)3)29-26(32)15-20(34(4)5)16-27(29)33/h14-16,18,23-25,36H,6-9,11,13,17H2,1-5H3/t23-,24-,25-,30-,31-/m0/s1. The van der Waals surface area contributed by atoms with Gasteiger partial charge in [-0.15, -0.1) is 0 Å². The van der Waals surface area contributed by atoms with Crippen molar-refractivity contribution in [3.63, 3.8) is 0 Å². The van der Waals surface area contributed by atoms with E-state index < -0.39 is 28.6 Å². The van der Waals surface area contributed by atoms with Crippen LogP contribution in [0.25, 0.3) is 0 Å². The minimum Gasteiger partial charge on any atom is -0.377 e. The summed E-state index contributed by atoms with van der Waals surface area (Å²) in [6.07, 6.45) is 6.32. The van der Waals surface area contributed by atoms with Gasteiger partial charge in [0.05, 0.1) is 0 Å². The van der Waals surface area contributed by atoms with E-state index >= 15 is 8.78 Å². The molecule has 0 bridgehead atoms. The molecule has 0 aliphatic heterocycles. The highest BCUT2D eigenvalue weighted by atomic mass is 19.1. The Morgan fingerprint density at radius 1 is 1.11 bits per heavy atom. The monoisotopic (exact) mass is 493 g/mol. The van der Waals surface area contributed by atoms with E-state index in [4.69, 9.17) is 0 Å². The van der Waals surface area contributed by atoms with E-state index in [1.54, 1.807) is 25.1 Å². The molecule has 5 heteroatoms. The van der Waals surface area contributed by atoms with E-state index in [1.165, 1.54) is 12.1 Å². The van der Waals surface area contributed by atoms with Gasteiger partial charge < -0.3 is 10.0 Å². The largest absolute Gasteiger partial charge is 0.377 e. The maximum absolute atomic E-state index is 15.8. The lowest BCUT2D eigenvalue weighted by Gasteiger charge is -2.53. The molecule has 5 rings (SSSR count). The Balaban J connectivity index is 1.72. The van der Waals surface area contributed by atoms with Crippen molar-refractivity contribution >= 4 is 11.5 Å². The van der Waals surface area contributed by atoms with Gasteiger partial charge in [-0.1, -0.05) is 38.2 Å². The topological polar surface area (TPSA) is 40.5 Å². The Morgan fingerprint density at radius 2 is 1.81 bits per heavy atom. The van der Waals surface area contributed by atoms with Crippen LogP contribution in [0.5, 0.6) is 0 Å². The van der Waals surface area contributed by atoms with Crippen LogP contribution >= 0.6 is 0 Å². The number of hydrogen-bond donors (Lipinski definition) is 1. The van der Waals surface area contributed by atoms with Crippen molar-refractivity contribution in [2.45, 2.75) is 77.2 Å². The third-order valence-electron chi connectivity index (χ3n) is 9.38. The first kappa shape index (κ1) is 25.2. The van der Waals surface area contributed by atoms with Crippen molar-refractivity contribution in [1.82, 2.24) is 0 Å². The second-order valence-electron chi connectivity index (χ2n) is 12.0. The number of aliphatic hydroxyl groups is 1. The molecule has 0 radical (unpaired) electrons. The highest BCUT2D eigenvalue weighted by Gasteiger charge is 2.63. The molecule has 0 heterocycles. The van der Waals surface area contributed by atoms with Gasteiger partial charge in [-0.2, -0.15) is 0 Å². The fourth-order valence-corrected chi connectivity index (χ4v) is 7.56. The number of rotatable bonds is 2. The van der Waals surface area contributed by atoms with Crippen LogP contribution in [0.4, 0.5) is 14.5 Å². The number of carbonyl (C=O) groups is 1. The summed E-state index contributed by atoms with van der Waals surface area (Å²) in [5, 5.41) is 11.9. The van der Waals surface area contributed by atoms with Crippen LogP contribution in [-0.2, 0) is 4.79 Å². The number of benzene rings is 1. The first-order chi connectivity index (χ1) is 16.9. The zero-order chi connectivity index (χ0) is 26.0. The molecule has 192 valence electrons. The predicted molar refractivity (Wildman–Crippen MR) is 139 cm³/mol. The molecule has 2 fully saturated rings. The normalized spacial score (nSPS) is 33.4. The number of carbonyl (C=O) groups excluding carboxylic acids is 1. The SMILES string of the molecule is CC(C)C#C[C@]1(O)CC[C@H]2[C@@H]3CCC4=CC(=O)CCC4=C3[C@@H](c3c(F)cc(N(C)C)cc3F)C[C@@]21C. The molecule has 1 N–H and O–H groups in total. The van der Waals surface area contributed by atoms with Crippen molar-refractivity contribution in [1.29, 1.82) is 0 Å². The lowest BCUT2D eigenvalue weighted by molar-refractivity contribution is -0.114. The molecule has 4 aliphatic rings. The van der Waals surface area contributed by atoms with E-state index in [2.05, 4.69) is 18.8 Å². The van der Waals surface area contributed by atoms with Gasteiger partial charge in [0.1, 0.15) is 17.2 Å². The summed E-state index contributed by atoms with van der Waals surface area (Å²) in [7, 11) is 3.54. The fourth-order valence-electron chi connectivity index (χ4n) is 7.56. The van der Waals surface area contributed by atoms with Gasteiger partial charge in [-0.3, -0.25) is 4.79 Å². The van der Waals surface area contributed by atoms with Crippen LogP contribution in [0.15, 0.2) is 34.9 Å². The number of nitrogens with zero attached hydrogens (tertiary/aromatic N) is 1. The van der Waals surface area contributed by atoms with Gasteiger partial charge in [0, 0.05) is 49.0 Å². The number of anilines is 1. The molecule has 1 aromatic rings. The van der Waals surface area contributed by atoms with Crippen molar-refractivity contribution in [3.8, 4) is 11.8 Å². The van der Waals surface area contributed by atoms with Gasteiger partial charge in [-0.25, -0.2) is 8.78 Å². The van der Waals surface area contributed by atoms with E-state index in [1.807, 2.05) is 13.8 Å². The van der Waals surface area contributed by atoms with Crippen LogP contribution in [0.2, 0.25) is 0 Å². The highest BCUT2D eigenvalue weighted by Crippen LogP contribution is 2.67. The van der Waals surface area contributed by atoms with Crippen LogP contribution in [-0.4, -0.2) is 30.6 Å². The average molecular weight is 494 g/mol. The van der Waals surface area contributed by atoms with Crippen LogP contribution in [0.3, 0.4) is 0 Å². The summed E-state index contributed by atoms with van der Waals surface area (Å²) in [5.74, 6) is 5.40. The van der Waals surface area contributed by atoms with Crippen molar-refractivity contribution < 1.29 is 18.7 Å². The molecule has 0 saturated heterocycles. The molecular weight excluding hydrogens is 456 g/mol. The minimum atomic E-state index is -1.19. The maximum Gasteiger partial charge on any atom is 0.156 e. The van der Waals surface area contributed by atoms with Crippen LogP contribution < -0.4 is 4.90 Å². The molecule has 0 unspecified atom stereocenters. The maximum atomic E-state index is 15.8. The zero-order valence-electron chi connectivity index (χ0n) is 22.0. The van der Waals surface area contributed by atoms with E-state index in [0.29, 0.717) is 31.4 Å². The second kappa shape index (κ2) is 8.84. The van der Waals surface area contributed by atoms with Crippen molar-refractivity contribution in [2.24, 2.45) is 23.2 Å². The Hall–Kier alpha value is -2.45. The Kier molecular flexibility index (Phi) is 6.19. The Bertz CT molecular complexity index is 1210. The minimum absolute atomic E-state index is 0.0944. The van der Waals surface area contributed by atoms with Gasteiger partial charge in [0.2, 0.25) is 0 Å². The van der Waals surface area contributed by atoms with Crippen LogP contribution in [0, 0.1) is 46.6 Å². The second-order valence-corrected chi connectivity index (χ2v) is 12.0. The van der Waals surface area contributed by atoms with Gasteiger partial charge in [-0.05, 0) is 79.7 Å². The van der Waals surface area contributed by atoms with Crippen LogP contribution in [0.1, 0.15) is 77.2 Å². The first-order valence-corrected chi connectivity index (χ1v) is 13.3. The fraction of sp³-hybridized carbons (Fsp3) is 0.581. The number of halogens is 2. The zero-order valence-corrected chi connectivity index (χ0v) is 22.0. The molecule has 0 aromatic heterocycles.